The highest BCUT2D eigenvalue weighted by atomic mass is 35.5. The fourth-order valence-corrected chi connectivity index (χ4v) is 2.50. The number of nitrogens with zero attached hydrogens (tertiary/aromatic N) is 4. The van der Waals surface area contributed by atoms with E-state index in [-0.39, 0.29) is 10.6 Å². The van der Waals surface area contributed by atoms with Gasteiger partial charge in [0.15, 0.2) is 0 Å². The molecule has 1 atom stereocenters. The first-order chi connectivity index (χ1) is 8.63. The molecular formula is C11H17Cl2N5. The van der Waals surface area contributed by atoms with Gasteiger partial charge in [0, 0.05) is 13.1 Å². The molecule has 0 aromatic carbocycles. The molecule has 1 fully saturated rings. The van der Waals surface area contributed by atoms with Gasteiger partial charge >= 0.3 is 0 Å². The summed E-state index contributed by atoms with van der Waals surface area (Å²) in [4.78, 5) is 14.1. The van der Waals surface area contributed by atoms with Crippen LogP contribution in [0.2, 0.25) is 10.6 Å². The first kappa shape index (κ1) is 13.8. The molecule has 2 rings (SSSR count). The van der Waals surface area contributed by atoms with Gasteiger partial charge in [-0.15, -0.1) is 0 Å². The summed E-state index contributed by atoms with van der Waals surface area (Å²) in [5.41, 5.74) is 0. The molecule has 7 heteroatoms. The zero-order chi connectivity index (χ0) is 13.0. The Morgan fingerprint density at radius 3 is 2.39 bits per heavy atom. The van der Waals surface area contributed by atoms with Crippen LogP contribution in [0.15, 0.2) is 0 Å². The van der Waals surface area contributed by atoms with Gasteiger partial charge in [0.2, 0.25) is 16.5 Å². The van der Waals surface area contributed by atoms with Crippen molar-refractivity contribution < 1.29 is 0 Å². The normalized spacial score (nSPS) is 17.9. The van der Waals surface area contributed by atoms with Gasteiger partial charge in [-0.3, -0.25) is 0 Å². The quantitative estimate of drug-likeness (QED) is 0.902. The molecule has 0 saturated carbocycles. The number of aromatic nitrogens is 3. The third-order valence-corrected chi connectivity index (χ3v) is 3.30. The van der Waals surface area contributed by atoms with Gasteiger partial charge in [-0.1, -0.05) is 6.92 Å². The lowest BCUT2D eigenvalue weighted by atomic mass is 10.1. The molecule has 18 heavy (non-hydrogen) atoms. The summed E-state index contributed by atoms with van der Waals surface area (Å²) < 4.78 is 0. The average molecular weight is 290 g/mol. The fraction of sp³-hybridized carbons (Fsp3) is 0.727. The molecule has 2 heterocycles. The SMILES string of the molecule is CC(CNc1nc(Cl)nc(Cl)n1)CN1CCCC1. The monoisotopic (exact) mass is 289 g/mol. The molecule has 0 spiro atoms. The molecule has 1 saturated heterocycles. The first-order valence-electron chi connectivity index (χ1n) is 6.17. The van der Waals surface area contributed by atoms with Crippen molar-refractivity contribution in [2.45, 2.75) is 19.8 Å². The lowest BCUT2D eigenvalue weighted by Crippen LogP contribution is -2.29. The summed E-state index contributed by atoms with van der Waals surface area (Å²) in [7, 11) is 0. The minimum atomic E-state index is 0.115. The molecule has 1 unspecified atom stereocenters. The molecule has 1 N–H and O–H groups in total. The van der Waals surface area contributed by atoms with E-state index in [2.05, 4.69) is 32.1 Å². The van der Waals surface area contributed by atoms with Crippen LogP contribution in [0.25, 0.3) is 0 Å². The van der Waals surface area contributed by atoms with E-state index >= 15 is 0 Å². The van der Waals surface area contributed by atoms with Crippen molar-refractivity contribution in [3.63, 3.8) is 0 Å². The van der Waals surface area contributed by atoms with Crippen LogP contribution in [0.5, 0.6) is 0 Å². The molecule has 1 aliphatic heterocycles. The Labute approximate surface area is 117 Å². The Bertz CT molecular complexity index is 375. The zero-order valence-electron chi connectivity index (χ0n) is 10.4. The number of halogens is 2. The maximum Gasteiger partial charge on any atom is 0.228 e. The van der Waals surface area contributed by atoms with Crippen molar-refractivity contribution in [1.82, 2.24) is 19.9 Å². The number of likely N-dealkylation sites (tertiary alicyclic amines) is 1. The summed E-state index contributed by atoms with van der Waals surface area (Å²) in [6.45, 7) is 6.53. The summed E-state index contributed by atoms with van der Waals surface area (Å²) in [6, 6.07) is 0. The molecule has 1 aromatic heterocycles. The molecule has 100 valence electrons. The van der Waals surface area contributed by atoms with Crippen LogP contribution in [0.4, 0.5) is 5.95 Å². The minimum absolute atomic E-state index is 0.115. The molecule has 0 amide bonds. The summed E-state index contributed by atoms with van der Waals surface area (Å²) in [5, 5.41) is 3.37. The Morgan fingerprint density at radius 1 is 1.17 bits per heavy atom. The van der Waals surface area contributed by atoms with E-state index in [4.69, 9.17) is 23.2 Å². The average Bonchev–Trinajstić information content (AvgIpc) is 2.78. The molecular weight excluding hydrogens is 273 g/mol. The maximum atomic E-state index is 5.71. The van der Waals surface area contributed by atoms with Crippen LogP contribution in [0.1, 0.15) is 19.8 Å². The van der Waals surface area contributed by atoms with Crippen LogP contribution in [-0.2, 0) is 0 Å². The van der Waals surface area contributed by atoms with Gasteiger partial charge in [0.05, 0.1) is 0 Å². The minimum Gasteiger partial charge on any atom is -0.354 e. The second kappa shape index (κ2) is 6.50. The summed E-state index contributed by atoms with van der Waals surface area (Å²) in [6.07, 6.45) is 2.64. The summed E-state index contributed by atoms with van der Waals surface area (Å²) >= 11 is 11.4. The second-order valence-electron chi connectivity index (χ2n) is 4.69. The lowest BCUT2D eigenvalue weighted by molar-refractivity contribution is 0.294. The predicted molar refractivity (Wildman–Crippen MR) is 73.2 cm³/mol. The third kappa shape index (κ3) is 4.23. The van der Waals surface area contributed by atoms with E-state index in [1.54, 1.807) is 0 Å². The number of rotatable bonds is 5. The zero-order valence-corrected chi connectivity index (χ0v) is 11.9. The topological polar surface area (TPSA) is 53.9 Å². The Kier molecular flexibility index (Phi) is 4.97. The van der Waals surface area contributed by atoms with E-state index in [0.29, 0.717) is 11.9 Å². The Balaban J connectivity index is 1.79. The van der Waals surface area contributed by atoms with Gasteiger partial charge < -0.3 is 10.2 Å². The van der Waals surface area contributed by atoms with E-state index < -0.39 is 0 Å². The number of hydrogen-bond acceptors (Lipinski definition) is 5. The Hall–Kier alpha value is -0.650. The van der Waals surface area contributed by atoms with Gasteiger partial charge in [0.25, 0.3) is 0 Å². The van der Waals surface area contributed by atoms with Gasteiger partial charge in [-0.2, -0.15) is 15.0 Å². The van der Waals surface area contributed by atoms with Crippen molar-refractivity contribution >= 4 is 29.2 Å². The van der Waals surface area contributed by atoms with Crippen molar-refractivity contribution in [2.75, 3.05) is 31.5 Å². The van der Waals surface area contributed by atoms with Crippen molar-refractivity contribution in [3.8, 4) is 0 Å². The second-order valence-corrected chi connectivity index (χ2v) is 5.37. The van der Waals surface area contributed by atoms with Crippen molar-refractivity contribution in [3.05, 3.63) is 10.6 Å². The number of hydrogen-bond donors (Lipinski definition) is 1. The highest BCUT2D eigenvalue weighted by Gasteiger charge is 2.14. The largest absolute Gasteiger partial charge is 0.354 e. The Morgan fingerprint density at radius 2 is 1.78 bits per heavy atom. The van der Waals surface area contributed by atoms with E-state index in [9.17, 15) is 0 Å². The highest BCUT2D eigenvalue weighted by Crippen LogP contribution is 2.12. The van der Waals surface area contributed by atoms with Gasteiger partial charge in [-0.05, 0) is 55.1 Å². The van der Waals surface area contributed by atoms with Crippen LogP contribution in [-0.4, -0.2) is 46.0 Å². The standard InChI is InChI=1S/C11H17Cl2N5/c1-8(7-18-4-2-3-5-18)6-14-11-16-9(12)15-10(13)17-11/h8H,2-7H2,1H3,(H,14,15,16,17). The smallest absolute Gasteiger partial charge is 0.228 e. The van der Waals surface area contributed by atoms with Crippen molar-refractivity contribution in [2.24, 2.45) is 5.92 Å². The molecule has 0 bridgehead atoms. The van der Waals surface area contributed by atoms with Gasteiger partial charge in [0.1, 0.15) is 0 Å². The predicted octanol–water partition coefficient (Wildman–Crippen LogP) is 2.32. The molecule has 1 aliphatic rings. The molecule has 5 nitrogen and oxygen atoms in total. The maximum absolute atomic E-state index is 5.71. The van der Waals surface area contributed by atoms with E-state index in [1.165, 1.54) is 25.9 Å². The van der Waals surface area contributed by atoms with Crippen molar-refractivity contribution in [1.29, 1.82) is 0 Å². The fourth-order valence-electron chi connectivity index (χ4n) is 2.14. The van der Waals surface area contributed by atoms with Crippen LogP contribution in [0.3, 0.4) is 0 Å². The van der Waals surface area contributed by atoms with Gasteiger partial charge in [-0.25, -0.2) is 0 Å². The number of anilines is 1. The number of nitrogens with one attached hydrogen (secondary N) is 1. The molecule has 1 aromatic rings. The van der Waals surface area contributed by atoms with Crippen LogP contribution < -0.4 is 5.32 Å². The summed E-state index contributed by atoms with van der Waals surface area (Å²) in [5.74, 6) is 0.964. The molecule has 0 aliphatic carbocycles. The van der Waals surface area contributed by atoms with Crippen LogP contribution in [0, 0.1) is 5.92 Å². The van der Waals surface area contributed by atoms with Crippen LogP contribution >= 0.6 is 23.2 Å². The first-order valence-corrected chi connectivity index (χ1v) is 6.92. The lowest BCUT2D eigenvalue weighted by Gasteiger charge is -2.20. The van der Waals surface area contributed by atoms with E-state index in [1.807, 2.05) is 0 Å². The van der Waals surface area contributed by atoms with E-state index in [0.717, 1.165) is 13.1 Å². The molecule has 0 radical (unpaired) electrons. The third-order valence-electron chi connectivity index (χ3n) is 2.96. The highest BCUT2D eigenvalue weighted by molar-refractivity contribution is 6.31.